The second-order valence-corrected chi connectivity index (χ2v) is 9.20. The molecule has 1 heterocycles. The summed E-state index contributed by atoms with van der Waals surface area (Å²) in [4.78, 5) is 30.6. The second-order valence-electron chi connectivity index (χ2n) is 9.20. The minimum absolute atomic E-state index is 0.0255. The number of aromatic nitrogens is 1. The summed E-state index contributed by atoms with van der Waals surface area (Å²) < 4.78 is 10.8. The van der Waals surface area contributed by atoms with Crippen LogP contribution < -0.4 is 4.74 Å². The fraction of sp³-hybridized carbons (Fsp3) is 0.310. The normalized spacial score (nSPS) is 20.4. The Morgan fingerprint density at radius 3 is 2.64 bits per heavy atom. The summed E-state index contributed by atoms with van der Waals surface area (Å²) in [5, 5.41) is 15.2. The topological polar surface area (TPSA) is 102 Å². The smallest absolute Gasteiger partial charge is 0.168 e. The highest BCUT2D eigenvalue weighted by molar-refractivity contribution is 6.25. The van der Waals surface area contributed by atoms with Crippen molar-refractivity contribution in [1.82, 2.24) is 5.16 Å². The van der Waals surface area contributed by atoms with E-state index in [1.165, 1.54) is 0 Å². The molecule has 7 heteroatoms. The zero-order chi connectivity index (χ0) is 25.1. The minimum atomic E-state index is -0.153. The third kappa shape index (κ3) is 4.73. The molecule has 1 fully saturated rings. The Morgan fingerprint density at radius 1 is 1.06 bits per heavy atom. The molecular weight excluding hydrogens is 456 g/mol. The van der Waals surface area contributed by atoms with Crippen LogP contribution in [0.1, 0.15) is 65.4 Å². The molecule has 0 radical (unpaired) electrons. The van der Waals surface area contributed by atoms with Gasteiger partial charge in [-0.2, -0.15) is 0 Å². The van der Waals surface area contributed by atoms with Gasteiger partial charge in [0, 0.05) is 32.1 Å². The van der Waals surface area contributed by atoms with E-state index in [1.807, 2.05) is 54.6 Å². The maximum atomic E-state index is 13.4. The molecule has 3 aromatic rings. The summed E-state index contributed by atoms with van der Waals surface area (Å²) in [6.07, 6.45) is 3.18. The molecule has 36 heavy (non-hydrogen) atoms. The number of para-hydroxylation sites is 2. The van der Waals surface area contributed by atoms with Crippen LogP contribution in [-0.2, 0) is 17.6 Å². The first-order valence-corrected chi connectivity index (χ1v) is 12.3. The molecule has 7 nitrogen and oxygen atoms in total. The van der Waals surface area contributed by atoms with Crippen molar-refractivity contribution in [1.29, 1.82) is 0 Å². The lowest BCUT2D eigenvalue weighted by Gasteiger charge is -2.26. The number of fused-ring (bicyclic) bond motifs is 1. The first-order valence-electron chi connectivity index (χ1n) is 12.3. The maximum Gasteiger partial charge on any atom is 0.168 e. The molecule has 2 aromatic carbocycles. The van der Waals surface area contributed by atoms with Crippen LogP contribution in [0.25, 0.3) is 0 Å². The Morgan fingerprint density at radius 2 is 1.83 bits per heavy atom. The van der Waals surface area contributed by atoms with Crippen LogP contribution in [0.15, 0.2) is 75.4 Å². The van der Waals surface area contributed by atoms with E-state index < -0.39 is 0 Å². The molecule has 5 rings (SSSR count). The van der Waals surface area contributed by atoms with E-state index in [-0.39, 0.29) is 41.7 Å². The van der Waals surface area contributed by atoms with E-state index in [0.717, 1.165) is 12.0 Å². The monoisotopic (exact) mass is 484 g/mol. The Labute approximate surface area is 209 Å². The molecule has 1 saturated carbocycles. The number of nitrogens with zero attached hydrogens (tertiary/aromatic N) is 2. The van der Waals surface area contributed by atoms with Gasteiger partial charge in [0.25, 0.3) is 0 Å². The number of hydrogen-bond acceptors (Lipinski definition) is 7. The number of ether oxygens (including phenoxy) is 1. The number of carbonyl (C=O) groups is 2. The number of allylic oxidation sites excluding steroid dienone is 2. The number of aliphatic hydroxyl groups is 1. The van der Waals surface area contributed by atoms with E-state index in [2.05, 4.69) is 5.16 Å². The summed E-state index contributed by atoms with van der Waals surface area (Å²) in [6.45, 7) is 0. The van der Waals surface area contributed by atoms with Crippen molar-refractivity contribution in [3.8, 4) is 5.75 Å². The molecule has 184 valence electrons. The van der Waals surface area contributed by atoms with Crippen molar-refractivity contribution in [3.05, 3.63) is 88.5 Å². The summed E-state index contributed by atoms with van der Waals surface area (Å²) in [5.41, 5.74) is 3.51. The first-order chi connectivity index (χ1) is 17.5. The third-order valence-electron chi connectivity index (χ3n) is 6.86. The van der Waals surface area contributed by atoms with Gasteiger partial charge in [0.05, 0.1) is 29.7 Å². The number of aryl methyl sites for hydroxylation is 2. The van der Waals surface area contributed by atoms with Crippen LogP contribution >= 0.6 is 0 Å². The van der Waals surface area contributed by atoms with Gasteiger partial charge in [0.15, 0.2) is 11.6 Å². The second kappa shape index (κ2) is 10.3. The predicted molar refractivity (Wildman–Crippen MR) is 135 cm³/mol. The number of hydrogen-bond donors (Lipinski definition) is 1. The summed E-state index contributed by atoms with van der Waals surface area (Å²) in [6, 6.07) is 17.2. The average Bonchev–Trinajstić information content (AvgIpc) is 3.32. The zero-order valence-electron chi connectivity index (χ0n) is 20.2. The van der Waals surface area contributed by atoms with E-state index >= 15 is 0 Å². The Balaban J connectivity index is 1.49. The highest BCUT2D eigenvalue weighted by Crippen LogP contribution is 2.37. The van der Waals surface area contributed by atoms with Gasteiger partial charge >= 0.3 is 0 Å². The fourth-order valence-electron chi connectivity index (χ4n) is 5.07. The van der Waals surface area contributed by atoms with Gasteiger partial charge in [-0.05, 0) is 36.5 Å². The fourth-order valence-corrected chi connectivity index (χ4v) is 5.07. The largest absolute Gasteiger partial charge is 0.511 e. The van der Waals surface area contributed by atoms with Crippen LogP contribution in [0.4, 0.5) is 5.69 Å². The Bertz CT molecular complexity index is 1350. The van der Waals surface area contributed by atoms with E-state index in [0.29, 0.717) is 59.8 Å². The Kier molecular flexibility index (Phi) is 6.80. The van der Waals surface area contributed by atoms with E-state index in [4.69, 9.17) is 14.3 Å². The van der Waals surface area contributed by atoms with Crippen LogP contribution in [0.2, 0.25) is 0 Å². The predicted octanol–water partition coefficient (Wildman–Crippen LogP) is 5.87. The van der Waals surface area contributed by atoms with Crippen LogP contribution in [0, 0.1) is 0 Å². The highest BCUT2D eigenvalue weighted by atomic mass is 16.5. The van der Waals surface area contributed by atoms with Gasteiger partial charge in [0.2, 0.25) is 0 Å². The lowest BCUT2D eigenvalue weighted by atomic mass is 9.78. The van der Waals surface area contributed by atoms with Crippen LogP contribution in [-0.4, -0.2) is 34.7 Å². The maximum absolute atomic E-state index is 13.4. The number of aliphatic imine (C=N–C) groups is 1. The molecular formula is C29H28N2O5. The highest BCUT2D eigenvalue weighted by Gasteiger charge is 2.33. The van der Waals surface area contributed by atoms with E-state index in [9.17, 15) is 14.7 Å². The van der Waals surface area contributed by atoms with Gasteiger partial charge < -0.3 is 14.4 Å². The molecule has 1 atom stereocenters. The summed E-state index contributed by atoms with van der Waals surface area (Å²) in [7, 11) is 1.58. The Hall–Kier alpha value is -4.00. The molecule has 2 aliphatic carbocycles. The number of ketones is 2. The SMILES string of the molecule is COc1ccccc1N=C1CC(c2ccccc2)CC(=O)C1=C(O)CCc1noc2c1C(=O)CCC2. The molecule has 0 spiro atoms. The first kappa shape index (κ1) is 23.7. The number of carbonyl (C=O) groups excluding carboxylic acids is 2. The van der Waals surface area contributed by atoms with Crippen molar-refractivity contribution >= 4 is 23.0 Å². The average molecular weight is 485 g/mol. The molecule has 0 aliphatic heterocycles. The third-order valence-corrected chi connectivity index (χ3v) is 6.86. The van der Waals surface area contributed by atoms with Gasteiger partial charge in [-0.1, -0.05) is 47.6 Å². The zero-order valence-corrected chi connectivity index (χ0v) is 20.2. The van der Waals surface area contributed by atoms with Crippen molar-refractivity contribution in [3.63, 3.8) is 0 Å². The van der Waals surface area contributed by atoms with Gasteiger partial charge in [-0.25, -0.2) is 4.99 Å². The van der Waals surface area contributed by atoms with Gasteiger partial charge in [-0.3, -0.25) is 9.59 Å². The number of methoxy groups -OCH3 is 1. The molecule has 0 amide bonds. The standard InChI is InChI=1S/C29H28N2O5/c1-35-26-12-6-5-10-20(26)30-22-16-19(18-8-3-2-4-9-18)17-25(34)28(22)24(33)15-14-21-29-23(32)11-7-13-27(29)36-31-21/h2-6,8-10,12,19,33H,7,11,13-17H2,1H3. The van der Waals surface area contributed by atoms with Crippen molar-refractivity contribution in [2.24, 2.45) is 4.99 Å². The van der Waals surface area contributed by atoms with Crippen LogP contribution in [0.5, 0.6) is 5.75 Å². The lowest BCUT2D eigenvalue weighted by Crippen LogP contribution is -2.26. The lowest BCUT2D eigenvalue weighted by molar-refractivity contribution is -0.116. The van der Waals surface area contributed by atoms with E-state index in [1.54, 1.807) is 7.11 Å². The van der Waals surface area contributed by atoms with Gasteiger partial charge in [-0.15, -0.1) is 0 Å². The molecule has 2 aliphatic rings. The molecule has 1 N–H and O–H groups in total. The number of Topliss-reactive ketones (excluding diaryl/α,β-unsaturated/α-hetero) is 2. The molecule has 0 bridgehead atoms. The summed E-state index contributed by atoms with van der Waals surface area (Å²) in [5.74, 6) is 0.998. The molecule has 1 unspecified atom stereocenters. The van der Waals surface area contributed by atoms with Crippen molar-refractivity contribution < 1.29 is 24.0 Å². The minimum Gasteiger partial charge on any atom is -0.511 e. The quantitative estimate of drug-likeness (QED) is 0.347. The number of benzene rings is 2. The molecule has 1 aromatic heterocycles. The van der Waals surface area contributed by atoms with Gasteiger partial charge in [0.1, 0.15) is 23.0 Å². The van der Waals surface area contributed by atoms with Crippen LogP contribution in [0.3, 0.4) is 0 Å². The summed E-state index contributed by atoms with van der Waals surface area (Å²) >= 11 is 0. The van der Waals surface area contributed by atoms with Crippen molar-refractivity contribution in [2.75, 3.05) is 7.11 Å². The number of rotatable bonds is 6. The molecule has 0 saturated heterocycles. The number of aliphatic hydroxyl groups excluding tert-OH is 1. The van der Waals surface area contributed by atoms with Crippen molar-refractivity contribution in [2.45, 2.75) is 50.9 Å².